The van der Waals surface area contributed by atoms with Crippen LogP contribution in [0.15, 0.2) is 4.99 Å². The first kappa shape index (κ1) is 7.85. The fraction of sp³-hybridized carbons (Fsp3) is 0.600. The number of nitrogens with two attached hydrogens (primary N) is 1. The van der Waals surface area contributed by atoms with Gasteiger partial charge in [0.25, 0.3) is 0 Å². The lowest BCUT2D eigenvalue weighted by molar-refractivity contribution is -0.121. The fourth-order valence-corrected chi connectivity index (χ4v) is 0.169. The summed E-state index contributed by atoms with van der Waals surface area (Å²) in [5, 5.41) is 0. The number of rotatable bonds is 2. The van der Waals surface area contributed by atoms with Gasteiger partial charge in [0, 0.05) is 0 Å². The summed E-state index contributed by atoms with van der Waals surface area (Å²) in [6, 6.07) is 0. The van der Waals surface area contributed by atoms with Crippen LogP contribution in [0.1, 0.15) is 13.8 Å². The Morgan fingerprint density at radius 3 is 2.22 bits per heavy atom. The Hall–Kier alpha value is -1.15. The van der Waals surface area contributed by atoms with Gasteiger partial charge in [0.15, 0.2) is 0 Å². The molecule has 50 valence electrons. The Morgan fingerprint density at radius 2 is 2.11 bits per heavy atom. The highest BCUT2D eigenvalue weighted by atomic mass is 16.2. The molecule has 0 aliphatic rings. The monoisotopic (exact) mass is 128 g/mol. The van der Waals surface area contributed by atoms with Gasteiger partial charge in [-0.25, -0.2) is 4.79 Å². The lowest BCUT2D eigenvalue weighted by Crippen LogP contribution is -2.35. The van der Waals surface area contributed by atoms with Gasteiger partial charge in [-0.3, -0.25) is 4.79 Å². The molecule has 0 unspecified atom stereocenters. The summed E-state index contributed by atoms with van der Waals surface area (Å²) in [5.41, 5.74) is 3.74. The molecule has 0 saturated heterocycles. The first-order valence-electron chi connectivity index (χ1n) is 2.39. The van der Waals surface area contributed by atoms with Gasteiger partial charge in [0.2, 0.25) is 12.0 Å². The van der Waals surface area contributed by atoms with Gasteiger partial charge < -0.3 is 5.73 Å². The van der Waals surface area contributed by atoms with Crippen molar-refractivity contribution in [1.29, 1.82) is 0 Å². The SMILES string of the molecule is CC(C)(N=C=O)C(N)=O. The van der Waals surface area contributed by atoms with Gasteiger partial charge in [-0.1, -0.05) is 0 Å². The molecular formula is C5H8N2O2. The molecule has 0 heterocycles. The van der Waals surface area contributed by atoms with E-state index in [1.165, 1.54) is 19.9 Å². The number of nitrogens with zero attached hydrogens (tertiary/aromatic N) is 1. The highest BCUT2D eigenvalue weighted by Gasteiger charge is 2.23. The topological polar surface area (TPSA) is 72.5 Å². The Balaban J connectivity index is 4.37. The summed E-state index contributed by atoms with van der Waals surface area (Å²) in [6.45, 7) is 2.89. The molecule has 0 fully saturated rings. The molecule has 0 atom stereocenters. The summed E-state index contributed by atoms with van der Waals surface area (Å²) >= 11 is 0. The molecule has 4 heteroatoms. The lowest BCUT2D eigenvalue weighted by atomic mass is 10.1. The number of amides is 1. The summed E-state index contributed by atoms with van der Waals surface area (Å²) in [4.78, 5) is 23.2. The third-order valence-corrected chi connectivity index (χ3v) is 0.928. The number of aliphatic imine (C=N–C) groups is 1. The van der Waals surface area contributed by atoms with Crippen LogP contribution >= 0.6 is 0 Å². The van der Waals surface area contributed by atoms with E-state index in [0.29, 0.717) is 0 Å². The van der Waals surface area contributed by atoms with Gasteiger partial charge in [0.05, 0.1) is 0 Å². The van der Waals surface area contributed by atoms with Crippen LogP contribution in [0, 0.1) is 0 Å². The van der Waals surface area contributed by atoms with Crippen molar-refractivity contribution in [1.82, 2.24) is 0 Å². The molecule has 0 aromatic heterocycles. The normalized spacial score (nSPS) is 10.0. The number of carbonyl (C=O) groups excluding carboxylic acids is 2. The maximum absolute atomic E-state index is 10.4. The molecule has 9 heavy (non-hydrogen) atoms. The second-order valence-corrected chi connectivity index (χ2v) is 2.13. The van der Waals surface area contributed by atoms with Crippen molar-refractivity contribution < 1.29 is 9.59 Å². The maximum Gasteiger partial charge on any atom is 0.245 e. The van der Waals surface area contributed by atoms with Crippen molar-refractivity contribution in [3.05, 3.63) is 0 Å². The van der Waals surface area contributed by atoms with Crippen LogP contribution in [0.4, 0.5) is 0 Å². The number of carbonyl (C=O) groups is 1. The van der Waals surface area contributed by atoms with E-state index < -0.39 is 11.4 Å². The second-order valence-electron chi connectivity index (χ2n) is 2.13. The first-order chi connectivity index (χ1) is 4.00. The third kappa shape index (κ3) is 2.06. The van der Waals surface area contributed by atoms with E-state index >= 15 is 0 Å². The van der Waals surface area contributed by atoms with Crippen LogP contribution in [0.25, 0.3) is 0 Å². The standard InChI is InChI=1S/C5H8N2O2/c1-5(2,4(6)9)7-3-8/h1-2H3,(H2,6,9). The fourth-order valence-electron chi connectivity index (χ4n) is 0.169. The molecule has 2 N–H and O–H groups in total. The van der Waals surface area contributed by atoms with Crippen LogP contribution in [-0.4, -0.2) is 17.5 Å². The second kappa shape index (κ2) is 2.42. The first-order valence-corrected chi connectivity index (χ1v) is 2.39. The Kier molecular flexibility index (Phi) is 2.11. The van der Waals surface area contributed by atoms with E-state index in [1.807, 2.05) is 0 Å². The minimum absolute atomic E-state index is 0.633. The zero-order valence-corrected chi connectivity index (χ0v) is 5.34. The van der Waals surface area contributed by atoms with Gasteiger partial charge in [-0.05, 0) is 13.8 Å². The summed E-state index contributed by atoms with van der Waals surface area (Å²) < 4.78 is 0. The van der Waals surface area contributed by atoms with Crippen molar-refractivity contribution >= 4 is 12.0 Å². The van der Waals surface area contributed by atoms with Crippen LogP contribution in [0.5, 0.6) is 0 Å². The van der Waals surface area contributed by atoms with Crippen molar-refractivity contribution in [2.45, 2.75) is 19.4 Å². The number of isocyanates is 1. The van der Waals surface area contributed by atoms with Gasteiger partial charge in [-0.15, -0.1) is 0 Å². The van der Waals surface area contributed by atoms with Crippen LogP contribution in [0.2, 0.25) is 0 Å². The molecule has 0 aliphatic carbocycles. The summed E-state index contributed by atoms with van der Waals surface area (Å²) in [5.74, 6) is -0.633. The molecule has 0 aliphatic heterocycles. The molecule has 0 saturated carbocycles. The molecule has 0 aromatic rings. The quantitative estimate of drug-likeness (QED) is 0.405. The average molecular weight is 128 g/mol. The lowest BCUT2D eigenvalue weighted by Gasteiger charge is -2.09. The molecule has 1 amide bonds. The Morgan fingerprint density at radius 1 is 1.67 bits per heavy atom. The molecular weight excluding hydrogens is 120 g/mol. The smallest absolute Gasteiger partial charge is 0.245 e. The number of primary amides is 1. The molecule has 0 radical (unpaired) electrons. The van der Waals surface area contributed by atoms with E-state index in [1.54, 1.807) is 0 Å². The molecule has 0 aromatic carbocycles. The van der Waals surface area contributed by atoms with E-state index in [-0.39, 0.29) is 0 Å². The summed E-state index contributed by atoms with van der Waals surface area (Å²) in [7, 11) is 0. The van der Waals surface area contributed by atoms with Crippen molar-refractivity contribution in [3.8, 4) is 0 Å². The molecule has 0 rings (SSSR count). The zero-order valence-electron chi connectivity index (χ0n) is 5.34. The Labute approximate surface area is 52.8 Å². The molecule has 4 nitrogen and oxygen atoms in total. The van der Waals surface area contributed by atoms with Gasteiger partial charge >= 0.3 is 0 Å². The minimum Gasteiger partial charge on any atom is -0.368 e. The van der Waals surface area contributed by atoms with Crippen molar-refractivity contribution in [2.75, 3.05) is 0 Å². The predicted molar refractivity (Wildman–Crippen MR) is 31.4 cm³/mol. The highest BCUT2D eigenvalue weighted by molar-refractivity contribution is 5.84. The van der Waals surface area contributed by atoms with Gasteiger partial charge in [0.1, 0.15) is 5.54 Å². The number of hydrogen-bond acceptors (Lipinski definition) is 3. The van der Waals surface area contributed by atoms with Crippen LogP contribution < -0.4 is 5.73 Å². The Bertz CT molecular complexity index is 164. The summed E-state index contributed by atoms with van der Waals surface area (Å²) in [6.07, 6.45) is 1.26. The van der Waals surface area contributed by atoms with Crippen LogP contribution in [-0.2, 0) is 9.59 Å². The minimum atomic E-state index is -1.11. The average Bonchev–Trinajstić information content (AvgIpc) is 1.65. The predicted octanol–water partition coefficient (Wildman–Crippen LogP) is -0.414. The molecule has 0 spiro atoms. The van der Waals surface area contributed by atoms with E-state index in [9.17, 15) is 9.59 Å². The van der Waals surface area contributed by atoms with Crippen molar-refractivity contribution in [2.24, 2.45) is 10.7 Å². The van der Waals surface area contributed by atoms with Gasteiger partial charge in [-0.2, -0.15) is 4.99 Å². The highest BCUT2D eigenvalue weighted by Crippen LogP contribution is 2.04. The maximum atomic E-state index is 10.4. The molecule has 0 bridgehead atoms. The van der Waals surface area contributed by atoms with Crippen LogP contribution in [0.3, 0.4) is 0 Å². The van der Waals surface area contributed by atoms with E-state index in [0.717, 1.165) is 0 Å². The zero-order chi connectivity index (χ0) is 7.49. The number of hydrogen-bond donors (Lipinski definition) is 1. The largest absolute Gasteiger partial charge is 0.368 e. The van der Waals surface area contributed by atoms with E-state index in [4.69, 9.17) is 5.73 Å². The van der Waals surface area contributed by atoms with E-state index in [2.05, 4.69) is 4.99 Å². The van der Waals surface area contributed by atoms with Crippen molar-refractivity contribution in [3.63, 3.8) is 0 Å². The third-order valence-electron chi connectivity index (χ3n) is 0.928.